The second-order valence-corrected chi connectivity index (χ2v) is 5.66. The Balaban J connectivity index is 2.25. The van der Waals surface area contributed by atoms with Crippen LogP contribution in [0.3, 0.4) is 0 Å². The van der Waals surface area contributed by atoms with Gasteiger partial charge >= 0.3 is 0 Å². The molecule has 1 aromatic heterocycles. The van der Waals surface area contributed by atoms with Crippen LogP contribution >= 0.6 is 39.1 Å². The van der Waals surface area contributed by atoms with E-state index in [2.05, 4.69) is 26.2 Å². The summed E-state index contributed by atoms with van der Waals surface area (Å²) in [6.07, 6.45) is 1.62. The standard InChI is InChI=1S/C13H9BrCl2N2O/c1-7-4-8(14)6-17-12(7)18-13(19)10-3-2-9(15)5-11(10)16/h2-6H,1H3,(H,17,18,19). The Morgan fingerprint density at radius 2 is 2.05 bits per heavy atom. The number of aryl methyl sites for hydroxylation is 1. The lowest BCUT2D eigenvalue weighted by molar-refractivity contribution is 0.102. The molecule has 0 fully saturated rings. The van der Waals surface area contributed by atoms with Crippen molar-refractivity contribution >= 4 is 50.9 Å². The van der Waals surface area contributed by atoms with E-state index < -0.39 is 0 Å². The molecule has 1 heterocycles. The molecule has 0 aliphatic carbocycles. The molecule has 0 saturated carbocycles. The van der Waals surface area contributed by atoms with Crippen molar-refractivity contribution in [2.45, 2.75) is 6.92 Å². The summed E-state index contributed by atoms with van der Waals surface area (Å²) in [7, 11) is 0. The van der Waals surface area contributed by atoms with Gasteiger partial charge in [-0.25, -0.2) is 4.98 Å². The van der Waals surface area contributed by atoms with E-state index in [-0.39, 0.29) is 5.91 Å². The summed E-state index contributed by atoms with van der Waals surface area (Å²) in [6.45, 7) is 1.86. The monoisotopic (exact) mass is 358 g/mol. The third-order valence-corrected chi connectivity index (χ3v) is 3.43. The van der Waals surface area contributed by atoms with Gasteiger partial charge < -0.3 is 5.32 Å². The molecule has 1 amide bonds. The number of anilines is 1. The number of hydrogen-bond acceptors (Lipinski definition) is 2. The fourth-order valence-electron chi connectivity index (χ4n) is 1.52. The van der Waals surface area contributed by atoms with Crippen molar-refractivity contribution in [1.29, 1.82) is 0 Å². The molecule has 98 valence electrons. The average molecular weight is 360 g/mol. The van der Waals surface area contributed by atoms with Crippen LogP contribution in [0.25, 0.3) is 0 Å². The zero-order chi connectivity index (χ0) is 14.0. The molecule has 2 rings (SSSR count). The van der Waals surface area contributed by atoms with Gasteiger partial charge in [0, 0.05) is 15.7 Å². The van der Waals surface area contributed by atoms with Gasteiger partial charge in [0.15, 0.2) is 0 Å². The quantitative estimate of drug-likeness (QED) is 0.843. The van der Waals surface area contributed by atoms with E-state index in [1.54, 1.807) is 18.3 Å². The Kier molecular flexibility index (Phi) is 4.45. The molecule has 0 saturated heterocycles. The van der Waals surface area contributed by atoms with Crippen molar-refractivity contribution in [3.05, 3.63) is 56.1 Å². The van der Waals surface area contributed by atoms with Crippen LogP contribution in [-0.2, 0) is 0 Å². The lowest BCUT2D eigenvalue weighted by Crippen LogP contribution is -2.14. The molecule has 0 aliphatic heterocycles. The van der Waals surface area contributed by atoms with Crippen molar-refractivity contribution in [1.82, 2.24) is 4.98 Å². The van der Waals surface area contributed by atoms with E-state index in [0.29, 0.717) is 21.4 Å². The number of pyridine rings is 1. The highest BCUT2D eigenvalue weighted by atomic mass is 79.9. The Labute approximate surface area is 129 Å². The summed E-state index contributed by atoms with van der Waals surface area (Å²) in [4.78, 5) is 16.2. The summed E-state index contributed by atoms with van der Waals surface area (Å²) in [5.74, 6) is 0.179. The van der Waals surface area contributed by atoms with E-state index in [0.717, 1.165) is 10.0 Å². The Morgan fingerprint density at radius 3 is 2.68 bits per heavy atom. The highest BCUT2D eigenvalue weighted by Crippen LogP contribution is 2.23. The molecule has 0 bridgehead atoms. The van der Waals surface area contributed by atoms with E-state index in [1.807, 2.05) is 13.0 Å². The average Bonchev–Trinajstić information content (AvgIpc) is 2.32. The molecule has 0 aliphatic rings. The van der Waals surface area contributed by atoms with Gasteiger partial charge in [0.25, 0.3) is 5.91 Å². The maximum Gasteiger partial charge on any atom is 0.258 e. The van der Waals surface area contributed by atoms with Crippen molar-refractivity contribution < 1.29 is 4.79 Å². The van der Waals surface area contributed by atoms with Crippen molar-refractivity contribution in [3.63, 3.8) is 0 Å². The van der Waals surface area contributed by atoms with Crippen LogP contribution in [0.4, 0.5) is 5.82 Å². The first-order valence-electron chi connectivity index (χ1n) is 5.36. The molecule has 0 radical (unpaired) electrons. The summed E-state index contributed by atoms with van der Waals surface area (Å²) >= 11 is 15.1. The highest BCUT2D eigenvalue weighted by molar-refractivity contribution is 9.10. The largest absolute Gasteiger partial charge is 0.306 e. The number of nitrogens with one attached hydrogen (secondary N) is 1. The summed E-state index contributed by atoms with van der Waals surface area (Å²) in [5, 5.41) is 3.51. The van der Waals surface area contributed by atoms with Crippen LogP contribution < -0.4 is 5.32 Å². The smallest absolute Gasteiger partial charge is 0.258 e. The third kappa shape index (κ3) is 3.47. The van der Waals surface area contributed by atoms with Crippen molar-refractivity contribution in [2.24, 2.45) is 0 Å². The van der Waals surface area contributed by atoms with Gasteiger partial charge in [0.1, 0.15) is 5.82 Å². The second-order valence-electron chi connectivity index (χ2n) is 3.90. The number of nitrogens with zero attached hydrogens (tertiary/aromatic N) is 1. The number of rotatable bonds is 2. The number of benzene rings is 1. The second kappa shape index (κ2) is 5.90. The fourth-order valence-corrected chi connectivity index (χ4v) is 2.46. The molecule has 19 heavy (non-hydrogen) atoms. The van der Waals surface area contributed by atoms with Crippen LogP contribution in [0, 0.1) is 6.92 Å². The van der Waals surface area contributed by atoms with Crippen LogP contribution in [0.15, 0.2) is 34.9 Å². The van der Waals surface area contributed by atoms with Crippen molar-refractivity contribution in [3.8, 4) is 0 Å². The lowest BCUT2D eigenvalue weighted by Gasteiger charge is -2.08. The minimum absolute atomic E-state index is 0.305. The van der Waals surface area contributed by atoms with Crippen LogP contribution in [0.2, 0.25) is 10.0 Å². The van der Waals surface area contributed by atoms with E-state index in [1.165, 1.54) is 6.07 Å². The minimum atomic E-state index is -0.320. The first kappa shape index (κ1) is 14.3. The molecule has 0 spiro atoms. The van der Waals surface area contributed by atoms with Crippen LogP contribution in [-0.4, -0.2) is 10.9 Å². The van der Waals surface area contributed by atoms with Gasteiger partial charge in [-0.05, 0) is 52.7 Å². The molecule has 3 nitrogen and oxygen atoms in total. The Morgan fingerprint density at radius 1 is 1.32 bits per heavy atom. The first-order chi connectivity index (χ1) is 8.97. The predicted octanol–water partition coefficient (Wildman–Crippen LogP) is 4.71. The molecule has 0 atom stereocenters. The predicted molar refractivity (Wildman–Crippen MR) is 81.1 cm³/mol. The Bertz CT molecular complexity index is 647. The molecule has 0 unspecified atom stereocenters. The van der Waals surface area contributed by atoms with Gasteiger partial charge in [0.05, 0.1) is 10.6 Å². The highest BCUT2D eigenvalue weighted by Gasteiger charge is 2.12. The SMILES string of the molecule is Cc1cc(Br)cnc1NC(=O)c1ccc(Cl)cc1Cl. The van der Waals surface area contributed by atoms with E-state index in [4.69, 9.17) is 23.2 Å². The van der Waals surface area contributed by atoms with Crippen LogP contribution in [0.5, 0.6) is 0 Å². The van der Waals surface area contributed by atoms with Crippen LogP contribution in [0.1, 0.15) is 15.9 Å². The zero-order valence-corrected chi connectivity index (χ0v) is 13.0. The summed E-state index contributed by atoms with van der Waals surface area (Å²) in [5.41, 5.74) is 1.21. The maximum atomic E-state index is 12.1. The Hall–Kier alpha value is -1.10. The summed E-state index contributed by atoms with van der Waals surface area (Å²) in [6, 6.07) is 6.59. The van der Waals surface area contributed by atoms with Gasteiger partial charge in [-0.3, -0.25) is 4.79 Å². The topological polar surface area (TPSA) is 42.0 Å². The zero-order valence-electron chi connectivity index (χ0n) is 9.88. The van der Waals surface area contributed by atoms with Crippen molar-refractivity contribution in [2.75, 3.05) is 5.32 Å². The van der Waals surface area contributed by atoms with Gasteiger partial charge in [-0.1, -0.05) is 23.2 Å². The number of aromatic nitrogens is 1. The van der Waals surface area contributed by atoms with E-state index in [9.17, 15) is 4.79 Å². The first-order valence-corrected chi connectivity index (χ1v) is 6.91. The maximum absolute atomic E-state index is 12.1. The summed E-state index contributed by atoms with van der Waals surface area (Å²) < 4.78 is 0.854. The third-order valence-electron chi connectivity index (χ3n) is 2.45. The number of amides is 1. The lowest BCUT2D eigenvalue weighted by atomic mass is 10.2. The minimum Gasteiger partial charge on any atom is -0.306 e. The molecule has 2 aromatic rings. The van der Waals surface area contributed by atoms with Gasteiger partial charge in [0.2, 0.25) is 0 Å². The van der Waals surface area contributed by atoms with Gasteiger partial charge in [-0.2, -0.15) is 0 Å². The number of carbonyl (C=O) groups excluding carboxylic acids is 1. The number of carbonyl (C=O) groups is 1. The van der Waals surface area contributed by atoms with E-state index >= 15 is 0 Å². The molecule has 1 N–H and O–H groups in total. The molecule has 1 aromatic carbocycles. The molecule has 6 heteroatoms. The molecular formula is C13H9BrCl2N2O. The molecular weight excluding hydrogens is 351 g/mol. The number of halogens is 3. The van der Waals surface area contributed by atoms with Gasteiger partial charge in [-0.15, -0.1) is 0 Å². The normalized spacial score (nSPS) is 10.3. The fraction of sp³-hybridized carbons (Fsp3) is 0.0769. The number of hydrogen-bond donors (Lipinski definition) is 1.